The van der Waals surface area contributed by atoms with E-state index in [4.69, 9.17) is 22.1 Å². The van der Waals surface area contributed by atoms with Crippen molar-refractivity contribution in [2.75, 3.05) is 6.54 Å². The molecule has 1 amide bonds. The molecule has 0 aliphatic heterocycles. The zero-order valence-corrected chi connectivity index (χ0v) is 13.4. The fraction of sp³-hybridized carbons (Fsp3) is 0.278. The van der Waals surface area contributed by atoms with Crippen molar-refractivity contribution in [3.63, 3.8) is 0 Å². The van der Waals surface area contributed by atoms with Gasteiger partial charge in [0.05, 0.1) is 6.54 Å². The predicted molar refractivity (Wildman–Crippen MR) is 90.6 cm³/mol. The number of carbonyl (C=O) groups excluding carboxylic acids is 1. The smallest absolute Gasteiger partial charge is 0.231 e. The minimum absolute atomic E-state index is 0.238. The SMILES string of the molecule is NC(=O)CN[C@@H]1C[C@H]1c1ccc(OCc2cccc(Cl)c2)cc1. The third kappa shape index (κ3) is 4.47. The largest absolute Gasteiger partial charge is 0.489 e. The molecule has 5 heteroatoms. The Morgan fingerprint density at radius 1 is 1.26 bits per heavy atom. The molecule has 4 nitrogen and oxygen atoms in total. The van der Waals surface area contributed by atoms with Crippen LogP contribution in [0.15, 0.2) is 48.5 Å². The Kier molecular flexibility index (Phi) is 4.84. The lowest BCUT2D eigenvalue weighted by molar-refractivity contribution is -0.117. The summed E-state index contributed by atoms with van der Waals surface area (Å²) in [6.45, 7) is 0.730. The van der Waals surface area contributed by atoms with Crippen molar-refractivity contribution in [2.24, 2.45) is 5.73 Å². The van der Waals surface area contributed by atoms with Gasteiger partial charge in [-0.1, -0.05) is 35.9 Å². The maximum atomic E-state index is 10.8. The second-order valence-electron chi connectivity index (χ2n) is 5.78. The number of amides is 1. The highest BCUT2D eigenvalue weighted by atomic mass is 35.5. The van der Waals surface area contributed by atoms with Crippen LogP contribution in [-0.4, -0.2) is 18.5 Å². The average molecular weight is 331 g/mol. The van der Waals surface area contributed by atoms with E-state index in [2.05, 4.69) is 17.4 Å². The zero-order chi connectivity index (χ0) is 16.2. The molecule has 0 spiro atoms. The summed E-state index contributed by atoms with van der Waals surface area (Å²) in [5, 5.41) is 3.87. The number of carbonyl (C=O) groups is 1. The molecule has 3 N–H and O–H groups in total. The summed E-state index contributed by atoms with van der Waals surface area (Å²) in [7, 11) is 0. The molecule has 2 aromatic rings. The van der Waals surface area contributed by atoms with Gasteiger partial charge in [-0.05, 0) is 41.8 Å². The van der Waals surface area contributed by atoms with Gasteiger partial charge in [-0.2, -0.15) is 0 Å². The van der Waals surface area contributed by atoms with E-state index in [9.17, 15) is 4.79 Å². The topological polar surface area (TPSA) is 64.4 Å². The van der Waals surface area contributed by atoms with Gasteiger partial charge in [0.2, 0.25) is 5.91 Å². The summed E-state index contributed by atoms with van der Waals surface area (Å²) >= 11 is 5.96. The number of nitrogens with two attached hydrogens (primary N) is 1. The number of primary amides is 1. The average Bonchev–Trinajstić information content (AvgIpc) is 3.31. The van der Waals surface area contributed by atoms with Crippen LogP contribution in [0.4, 0.5) is 0 Å². The van der Waals surface area contributed by atoms with Crippen molar-refractivity contribution >= 4 is 17.5 Å². The van der Waals surface area contributed by atoms with Gasteiger partial charge in [0.15, 0.2) is 0 Å². The highest BCUT2D eigenvalue weighted by molar-refractivity contribution is 6.30. The van der Waals surface area contributed by atoms with Crippen molar-refractivity contribution in [1.82, 2.24) is 5.32 Å². The van der Waals surface area contributed by atoms with Crippen molar-refractivity contribution in [2.45, 2.75) is 25.0 Å². The summed E-state index contributed by atoms with van der Waals surface area (Å²) in [5.41, 5.74) is 7.43. The van der Waals surface area contributed by atoms with Gasteiger partial charge < -0.3 is 15.8 Å². The molecule has 1 fully saturated rings. The van der Waals surface area contributed by atoms with E-state index >= 15 is 0 Å². The molecule has 0 unspecified atom stereocenters. The fourth-order valence-corrected chi connectivity index (χ4v) is 2.84. The Bertz CT molecular complexity index is 688. The minimum Gasteiger partial charge on any atom is -0.489 e. The molecule has 0 aromatic heterocycles. The molecule has 23 heavy (non-hydrogen) atoms. The first-order valence-corrected chi connectivity index (χ1v) is 7.98. The van der Waals surface area contributed by atoms with Crippen molar-refractivity contribution in [1.29, 1.82) is 0 Å². The van der Waals surface area contributed by atoms with E-state index in [1.54, 1.807) is 0 Å². The quantitative estimate of drug-likeness (QED) is 0.820. The number of benzene rings is 2. The van der Waals surface area contributed by atoms with E-state index in [1.807, 2.05) is 36.4 Å². The van der Waals surface area contributed by atoms with Gasteiger partial charge in [0.25, 0.3) is 0 Å². The Hall–Kier alpha value is -2.04. The molecule has 2 aromatic carbocycles. The Morgan fingerprint density at radius 3 is 2.74 bits per heavy atom. The van der Waals surface area contributed by atoms with Gasteiger partial charge in [-0.3, -0.25) is 4.79 Å². The Balaban J connectivity index is 1.51. The number of halogens is 1. The molecule has 0 bridgehead atoms. The first kappa shape index (κ1) is 15.8. The summed E-state index contributed by atoms with van der Waals surface area (Å²) in [4.78, 5) is 10.8. The van der Waals surface area contributed by atoms with E-state index < -0.39 is 0 Å². The molecular formula is C18H19ClN2O2. The molecule has 120 valence electrons. The number of hydrogen-bond donors (Lipinski definition) is 2. The molecule has 1 aliphatic rings. The van der Waals surface area contributed by atoms with Crippen molar-refractivity contribution in [3.8, 4) is 5.75 Å². The van der Waals surface area contributed by atoms with Crippen LogP contribution in [0.2, 0.25) is 5.02 Å². The normalized spacial score (nSPS) is 19.3. The van der Waals surface area contributed by atoms with E-state index in [0.29, 0.717) is 23.6 Å². The van der Waals surface area contributed by atoms with Gasteiger partial charge >= 0.3 is 0 Å². The minimum atomic E-state index is -0.319. The van der Waals surface area contributed by atoms with Crippen LogP contribution in [0.25, 0.3) is 0 Å². The third-order valence-corrected chi connectivity index (χ3v) is 4.17. The maximum Gasteiger partial charge on any atom is 0.231 e. The monoisotopic (exact) mass is 330 g/mol. The van der Waals surface area contributed by atoms with Crippen LogP contribution in [0.1, 0.15) is 23.5 Å². The highest BCUT2D eigenvalue weighted by Crippen LogP contribution is 2.41. The van der Waals surface area contributed by atoms with Crippen LogP contribution in [0.5, 0.6) is 5.75 Å². The number of rotatable bonds is 7. The molecule has 0 heterocycles. The summed E-state index contributed by atoms with van der Waals surface area (Å²) < 4.78 is 5.77. The van der Waals surface area contributed by atoms with Crippen LogP contribution in [-0.2, 0) is 11.4 Å². The molecular weight excluding hydrogens is 312 g/mol. The molecule has 1 aliphatic carbocycles. The Labute approximate surface area is 140 Å². The number of ether oxygens (including phenoxy) is 1. The van der Waals surface area contributed by atoms with E-state index in [-0.39, 0.29) is 12.5 Å². The maximum absolute atomic E-state index is 10.8. The highest BCUT2D eigenvalue weighted by Gasteiger charge is 2.37. The lowest BCUT2D eigenvalue weighted by atomic mass is 10.1. The first-order valence-electron chi connectivity index (χ1n) is 7.61. The molecule has 3 rings (SSSR count). The lowest BCUT2D eigenvalue weighted by Crippen LogP contribution is -2.30. The van der Waals surface area contributed by atoms with Crippen LogP contribution in [0.3, 0.4) is 0 Å². The second-order valence-corrected chi connectivity index (χ2v) is 6.22. The number of hydrogen-bond acceptors (Lipinski definition) is 3. The lowest BCUT2D eigenvalue weighted by Gasteiger charge is -2.08. The van der Waals surface area contributed by atoms with Crippen LogP contribution < -0.4 is 15.8 Å². The second kappa shape index (κ2) is 7.02. The van der Waals surface area contributed by atoms with E-state index in [0.717, 1.165) is 17.7 Å². The summed E-state index contributed by atoms with van der Waals surface area (Å²) in [6.07, 6.45) is 1.04. The number of nitrogens with one attached hydrogen (secondary N) is 1. The van der Waals surface area contributed by atoms with E-state index in [1.165, 1.54) is 5.56 Å². The molecule has 0 saturated heterocycles. The standard InChI is InChI=1S/C18H19ClN2O2/c19-14-3-1-2-12(8-14)11-23-15-6-4-13(5-7-15)16-9-17(16)21-10-18(20)22/h1-8,16-17,21H,9-11H2,(H2,20,22)/t16-,17+/m0/s1. The third-order valence-electron chi connectivity index (χ3n) is 3.93. The van der Waals surface area contributed by atoms with Gasteiger partial charge in [0, 0.05) is 17.0 Å². The predicted octanol–water partition coefficient (Wildman–Crippen LogP) is 2.85. The van der Waals surface area contributed by atoms with Crippen LogP contribution in [0, 0.1) is 0 Å². The zero-order valence-electron chi connectivity index (χ0n) is 12.7. The molecule has 2 atom stereocenters. The van der Waals surface area contributed by atoms with Gasteiger partial charge in [0.1, 0.15) is 12.4 Å². The first-order chi connectivity index (χ1) is 11.1. The molecule has 1 saturated carbocycles. The summed E-state index contributed by atoms with van der Waals surface area (Å²) in [6, 6.07) is 16.1. The van der Waals surface area contributed by atoms with Gasteiger partial charge in [-0.15, -0.1) is 0 Å². The fourth-order valence-electron chi connectivity index (χ4n) is 2.63. The summed E-state index contributed by atoms with van der Waals surface area (Å²) in [5.74, 6) is 0.966. The van der Waals surface area contributed by atoms with Crippen molar-refractivity contribution in [3.05, 3.63) is 64.7 Å². The van der Waals surface area contributed by atoms with Gasteiger partial charge in [-0.25, -0.2) is 0 Å². The van der Waals surface area contributed by atoms with Crippen LogP contribution >= 0.6 is 11.6 Å². The Morgan fingerprint density at radius 2 is 2.04 bits per heavy atom. The molecule has 0 radical (unpaired) electrons. The van der Waals surface area contributed by atoms with Crippen molar-refractivity contribution < 1.29 is 9.53 Å².